The van der Waals surface area contributed by atoms with E-state index in [0.717, 1.165) is 24.2 Å². The highest BCUT2D eigenvalue weighted by molar-refractivity contribution is 6.10. The van der Waals surface area contributed by atoms with Crippen molar-refractivity contribution in [2.45, 2.75) is 31.7 Å². The van der Waals surface area contributed by atoms with Crippen molar-refractivity contribution >= 4 is 29.4 Å². The van der Waals surface area contributed by atoms with Crippen molar-refractivity contribution in [3.63, 3.8) is 0 Å². The number of carbonyl (C=O) groups is 4. The van der Waals surface area contributed by atoms with E-state index in [9.17, 15) is 19.2 Å². The number of carbonyl (C=O) groups excluding carboxylic acids is 4. The van der Waals surface area contributed by atoms with Crippen LogP contribution < -0.4 is 16.4 Å². The zero-order valence-electron chi connectivity index (χ0n) is 16.5. The second-order valence-corrected chi connectivity index (χ2v) is 7.77. The molecule has 8 heteroatoms. The Hall–Kier alpha value is -3.68. The minimum atomic E-state index is -1.21. The highest BCUT2D eigenvalue weighted by Crippen LogP contribution is 2.32. The van der Waals surface area contributed by atoms with Crippen LogP contribution in [-0.2, 0) is 28.0 Å². The number of fused-ring (bicyclic) bond motifs is 1. The highest BCUT2D eigenvalue weighted by atomic mass is 16.2. The van der Waals surface area contributed by atoms with Gasteiger partial charge in [-0.1, -0.05) is 18.2 Å². The number of nitrogens with two attached hydrogens (primary N) is 1. The van der Waals surface area contributed by atoms with Crippen LogP contribution >= 0.6 is 0 Å². The van der Waals surface area contributed by atoms with Gasteiger partial charge in [0.15, 0.2) is 0 Å². The van der Waals surface area contributed by atoms with Gasteiger partial charge in [0.1, 0.15) is 12.1 Å². The maximum atomic E-state index is 13.1. The van der Waals surface area contributed by atoms with Gasteiger partial charge in [-0.3, -0.25) is 19.3 Å². The molecule has 2 aromatic rings. The summed E-state index contributed by atoms with van der Waals surface area (Å²) in [4.78, 5) is 50.0. The maximum absolute atomic E-state index is 13.1. The first-order chi connectivity index (χ1) is 14.3. The summed E-state index contributed by atoms with van der Waals surface area (Å²) in [5, 5.41) is 5.35. The Bertz CT molecular complexity index is 1060. The summed E-state index contributed by atoms with van der Waals surface area (Å²) in [7, 11) is 0. The van der Waals surface area contributed by atoms with E-state index in [-0.39, 0.29) is 0 Å². The Kier molecular flexibility index (Phi) is 4.77. The quantitative estimate of drug-likeness (QED) is 0.654. The van der Waals surface area contributed by atoms with Gasteiger partial charge < -0.3 is 16.4 Å². The number of hydrogen-bond donors (Lipinski definition) is 3. The molecule has 4 rings (SSSR count). The van der Waals surface area contributed by atoms with Crippen molar-refractivity contribution in [1.29, 1.82) is 0 Å². The molecule has 4 N–H and O–H groups in total. The smallest absolute Gasteiger partial charge is 0.325 e. The van der Waals surface area contributed by atoms with Crippen molar-refractivity contribution in [3.8, 4) is 0 Å². The molecule has 2 aliphatic rings. The fourth-order valence-corrected chi connectivity index (χ4v) is 3.98. The van der Waals surface area contributed by atoms with Gasteiger partial charge in [0.25, 0.3) is 5.91 Å². The van der Waals surface area contributed by atoms with Gasteiger partial charge in [0.2, 0.25) is 11.8 Å². The SMILES string of the molecule is C[C@@]1(c2ccc3c(c2)CCC3)NC(=O)N(CC(=O)Nc2ccc(C(N)=O)cc2)C1=O. The fourth-order valence-electron chi connectivity index (χ4n) is 3.98. The molecule has 1 heterocycles. The number of nitrogens with one attached hydrogen (secondary N) is 2. The summed E-state index contributed by atoms with van der Waals surface area (Å²) in [6, 6.07) is 11.3. The zero-order valence-corrected chi connectivity index (χ0v) is 16.5. The predicted octanol–water partition coefficient (Wildman–Crippen LogP) is 1.68. The molecule has 1 aliphatic heterocycles. The van der Waals surface area contributed by atoms with Gasteiger partial charge in [0, 0.05) is 11.3 Å². The normalized spacial score (nSPS) is 20.1. The molecule has 5 amide bonds. The Morgan fingerprint density at radius 2 is 1.80 bits per heavy atom. The summed E-state index contributed by atoms with van der Waals surface area (Å²) < 4.78 is 0. The molecule has 1 aliphatic carbocycles. The molecule has 0 saturated carbocycles. The molecule has 0 spiro atoms. The molecule has 1 saturated heterocycles. The van der Waals surface area contributed by atoms with Gasteiger partial charge in [-0.15, -0.1) is 0 Å². The van der Waals surface area contributed by atoms with Crippen LogP contribution in [-0.4, -0.2) is 35.2 Å². The first-order valence-electron chi connectivity index (χ1n) is 9.74. The van der Waals surface area contributed by atoms with Crippen LogP contribution in [0, 0.1) is 0 Å². The zero-order chi connectivity index (χ0) is 21.5. The lowest BCUT2D eigenvalue weighted by Crippen LogP contribution is -2.42. The second-order valence-electron chi connectivity index (χ2n) is 7.77. The highest BCUT2D eigenvalue weighted by Gasteiger charge is 2.49. The third kappa shape index (κ3) is 3.41. The summed E-state index contributed by atoms with van der Waals surface area (Å²) in [5.41, 5.74) is 7.91. The molecule has 8 nitrogen and oxygen atoms in total. The number of imide groups is 1. The van der Waals surface area contributed by atoms with E-state index < -0.39 is 35.8 Å². The number of rotatable bonds is 5. The number of nitrogens with zero attached hydrogens (tertiary/aromatic N) is 1. The largest absolute Gasteiger partial charge is 0.366 e. The van der Waals surface area contributed by atoms with Crippen molar-refractivity contribution < 1.29 is 19.2 Å². The average Bonchev–Trinajstić information content (AvgIpc) is 3.27. The molecule has 0 unspecified atom stereocenters. The lowest BCUT2D eigenvalue weighted by atomic mass is 9.89. The van der Waals surface area contributed by atoms with Crippen molar-refractivity contribution in [2.24, 2.45) is 5.73 Å². The van der Waals surface area contributed by atoms with Gasteiger partial charge in [0.05, 0.1) is 0 Å². The predicted molar refractivity (Wildman–Crippen MR) is 110 cm³/mol. The third-order valence-electron chi connectivity index (χ3n) is 5.71. The Balaban J connectivity index is 1.47. The molecule has 0 radical (unpaired) electrons. The minimum Gasteiger partial charge on any atom is -0.366 e. The molecule has 0 aromatic heterocycles. The molecule has 0 bridgehead atoms. The lowest BCUT2D eigenvalue weighted by molar-refractivity contribution is -0.133. The van der Waals surface area contributed by atoms with Gasteiger partial charge in [-0.2, -0.15) is 0 Å². The van der Waals surface area contributed by atoms with Crippen molar-refractivity contribution in [1.82, 2.24) is 10.2 Å². The molecule has 30 heavy (non-hydrogen) atoms. The summed E-state index contributed by atoms with van der Waals surface area (Å²) in [6.45, 7) is 1.24. The molecule has 1 atom stereocenters. The number of primary amides is 1. The topological polar surface area (TPSA) is 122 Å². The van der Waals surface area contributed by atoms with Crippen LogP contribution in [0.2, 0.25) is 0 Å². The third-order valence-corrected chi connectivity index (χ3v) is 5.71. The van der Waals surface area contributed by atoms with Crippen LogP contribution in [0.1, 0.15) is 40.4 Å². The number of hydrogen-bond acceptors (Lipinski definition) is 4. The molecule has 2 aromatic carbocycles. The van der Waals surface area contributed by atoms with E-state index in [1.165, 1.54) is 35.4 Å². The Morgan fingerprint density at radius 1 is 1.10 bits per heavy atom. The molecular weight excluding hydrogens is 384 g/mol. The molecular formula is C22H22N4O4. The average molecular weight is 406 g/mol. The standard InChI is InChI=1S/C22H22N4O4/c1-22(16-8-5-13-3-2-4-15(13)11-16)20(29)26(21(30)25-22)12-18(27)24-17-9-6-14(7-10-17)19(23)28/h5-11H,2-4,12H2,1H3,(H2,23,28)(H,24,27)(H,25,30)/t22-/m0/s1. The van der Waals surface area contributed by atoms with Crippen LogP contribution in [0.25, 0.3) is 0 Å². The first kappa shape index (κ1) is 19.6. The monoisotopic (exact) mass is 406 g/mol. The summed E-state index contributed by atoms with van der Waals surface area (Å²) in [6.07, 6.45) is 3.07. The first-order valence-corrected chi connectivity index (χ1v) is 9.74. The van der Waals surface area contributed by atoms with Crippen LogP contribution in [0.3, 0.4) is 0 Å². The Labute approximate surface area is 173 Å². The summed E-state index contributed by atoms with van der Waals surface area (Å²) in [5.74, 6) is -1.56. The fraction of sp³-hybridized carbons (Fsp3) is 0.273. The number of urea groups is 1. The van der Waals surface area contributed by atoms with E-state index in [1.54, 1.807) is 6.92 Å². The minimum absolute atomic E-state index is 0.312. The van der Waals surface area contributed by atoms with E-state index in [1.807, 2.05) is 18.2 Å². The number of benzene rings is 2. The van der Waals surface area contributed by atoms with E-state index >= 15 is 0 Å². The number of amides is 5. The van der Waals surface area contributed by atoms with Gasteiger partial charge in [-0.05, 0) is 67.1 Å². The van der Waals surface area contributed by atoms with Crippen molar-refractivity contribution in [3.05, 3.63) is 64.7 Å². The van der Waals surface area contributed by atoms with E-state index in [2.05, 4.69) is 10.6 Å². The molecule has 154 valence electrons. The van der Waals surface area contributed by atoms with E-state index in [0.29, 0.717) is 16.8 Å². The maximum Gasteiger partial charge on any atom is 0.325 e. The number of aryl methyl sites for hydroxylation is 2. The lowest BCUT2D eigenvalue weighted by Gasteiger charge is -2.23. The summed E-state index contributed by atoms with van der Waals surface area (Å²) >= 11 is 0. The number of anilines is 1. The van der Waals surface area contributed by atoms with Crippen LogP contribution in [0.5, 0.6) is 0 Å². The van der Waals surface area contributed by atoms with Gasteiger partial charge in [-0.25, -0.2) is 4.79 Å². The van der Waals surface area contributed by atoms with E-state index in [4.69, 9.17) is 5.73 Å². The second kappa shape index (κ2) is 7.29. The van der Waals surface area contributed by atoms with Crippen LogP contribution in [0.15, 0.2) is 42.5 Å². The molecule has 1 fully saturated rings. The Morgan fingerprint density at radius 3 is 2.50 bits per heavy atom. The van der Waals surface area contributed by atoms with Crippen molar-refractivity contribution in [2.75, 3.05) is 11.9 Å². The van der Waals surface area contributed by atoms with Crippen LogP contribution in [0.4, 0.5) is 10.5 Å². The van der Waals surface area contributed by atoms with Gasteiger partial charge >= 0.3 is 6.03 Å².